The third kappa shape index (κ3) is 3.54. The number of carbonyl (C=O) groups is 2. The van der Waals surface area contributed by atoms with Crippen LogP contribution in [0.3, 0.4) is 0 Å². The van der Waals surface area contributed by atoms with E-state index in [1.807, 2.05) is 4.90 Å². The Kier molecular flexibility index (Phi) is 4.64. The quantitative estimate of drug-likeness (QED) is 0.904. The van der Waals surface area contributed by atoms with Gasteiger partial charge < -0.3 is 10.0 Å². The number of hydrogen-bond acceptors (Lipinski definition) is 3. The molecule has 5 nitrogen and oxygen atoms in total. The standard InChI is InChI=1S/C18H24N2O3/c1-2-12-3-5-14(6-4-12)20(15-7-8-15)17(21)13-9-10-19-16(11-13)18(22)23/h9-12,14-15H,2-8H2,1H3,(H,22,23). The molecule has 1 heterocycles. The molecule has 2 aliphatic carbocycles. The van der Waals surface area contributed by atoms with Crippen LogP contribution < -0.4 is 0 Å². The van der Waals surface area contributed by atoms with Gasteiger partial charge in [0.25, 0.3) is 5.91 Å². The normalized spacial score (nSPS) is 24.2. The smallest absolute Gasteiger partial charge is 0.354 e. The average molecular weight is 316 g/mol. The van der Waals surface area contributed by atoms with E-state index in [4.69, 9.17) is 5.11 Å². The van der Waals surface area contributed by atoms with Crippen molar-refractivity contribution < 1.29 is 14.7 Å². The average Bonchev–Trinajstić information content (AvgIpc) is 3.40. The second-order valence-corrected chi connectivity index (χ2v) is 6.76. The Morgan fingerprint density at radius 2 is 1.78 bits per heavy atom. The number of aromatic carboxylic acids is 1. The van der Waals surface area contributed by atoms with Gasteiger partial charge in [-0.05, 0) is 56.6 Å². The van der Waals surface area contributed by atoms with Gasteiger partial charge in [0, 0.05) is 23.8 Å². The molecule has 0 unspecified atom stereocenters. The maximum Gasteiger partial charge on any atom is 0.354 e. The molecule has 23 heavy (non-hydrogen) atoms. The van der Waals surface area contributed by atoms with E-state index in [1.54, 1.807) is 6.07 Å². The van der Waals surface area contributed by atoms with Crippen LogP contribution in [0.25, 0.3) is 0 Å². The summed E-state index contributed by atoms with van der Waals surface area (Å²) in [6.45, 7) is 2.24. The minimum Gasteiger partial charge on any atom is -0.477 e. The molecule has 0 bridgehead atoms. The number of pyridine rings is 1. The first-order valence-corrected chi connectivity index (χ1v) is 8.62. The zero-order chi connectivity index (χ0) is 16.4. The number of carbonyl (C=O) groups excluding carboxylic acids is 1. The van der Waals surface area contributed by atoms with Crippen molar-refractivity contribution in [2.24, 2.45) is 5.92 Å². The predicted octanol–water partition coefficient (Wildman–Crippen LogP) is 3.35. The lowest BCUT2D eigenvalue weighted by atomic mass is 9.83. The highest BCUT2D eigenvalue weighted by Crippen LogP contribution is 2.37. The van der Waals surface area contributed by atoms with E-state index in [1.165, 1.54) is 31.5 Å². The summed E-state index contributed by atoms with van der Waals surface area (Å²) in [7, 11) is 0. The first kappa shape index (κ1) is 16.0. The van der Waals surface area contributed by atoms with Gasteiger partial charge in [-0.1, -0.05) is 13.3 Å². The molecule has 2 fully saturated rings. The largest absolute Gasteiger partial charge is 0.477 e. The third-order valence-electron chi connectivity index (χ3n) is 5.19. The summed E-state index contributed by atoms with van der Waals surface area (Å²) < 4.78 is 0. The van der Waals surface area contributed by atoms with Crippen LogP contribution in [0.4, 0.5) is 0 Å². The fourth-order valence-electron chi connectivity index (χ4n) is 3.64. The molecular weight excluding hydrogens is 292 g/mol. The fraction of sp³-hybridized carbons (Fsp3) is 0.611. The summed E-state index contributed by atoms with van der Waals surface area (Å²) in [5.41, 5.74) is 0.378. The van der Waals surface area contributed by atoms with Crippen molar-refractivity contribution in [3.05, 3.63) is 29.6 Å². The molecule has 0 aliphatic heterocycles. The summed E-state index contributed by atoms with van der Waals surface area (Å²) in [5, 5.41) is 9.07. The number of amides is 1. The van der Waals surface area contributed by atoms with Crippen LogP contribution >= 0.6 is 0 Å². The van der Waals surface area contributed by atoms with Crippen molar-refractivity contribution >= 4 is 11.9 Å². The Hall–Kier alpha value is -1.91. The summed E-state index contributed by atoms with van der Waals surface area (Å²) in [4.78, 5) is 29.9. The lowest BCUT2D eigenvalue weighted by molar-refractivity contribution is 0.0587. The lowest BCUT2D eigenvalue weighted by Crippen LogP contribution is -2.44. The maximum absolute atomic E-state index is 13.0. The van der Waals surface area contributed by atoms with Crippen LogP contribution in [0, 0.1) is 5.92 Å². The minimum absolute atomic E-state index is 0.0302. The predicted molar refractivity (Wildman–Crippen MR) is 86.4 cm³/mol. The molecule has 0 aromatic carbocycles. The highest BCUT2D eigenvalue weighted by atomic mass is 16.4. The summed E-state index contributed by atoms with van der Waals surface area (Å²) in [6.07, 6.45) is 9.27. The van der Waals surface area contributed by atoms with Gasteiger partial charge in [-0.25, -0.2) is 9.78 Å². The van der Waals surface area contributed by atoms with Crippen LogP contribution in [-0.4, -0.2) is 39.0 Å². The number of carboxylic acids is 1. The number of nitrogens with zero attached hydrogens (tertiary/aromatic N) is 2. The summed E-state index contributed by atoms with van der Waals surface area (Å²) in [6, 6.07) is 3.67. The van der Waals surface area contributed by atoms with Gasteiger partial charge >= 0.3 is 5.97 Å². The molecule has 2 saturated carbocycles. The number of aromatic nitrogens is 1. The van der Waals surface area contributed by atoms with Crippen LogP contribution in [-0.2, 0) is 0 Å². The molecular formula is C18H24N2O3. The van der Waals surface area contributed by atoms with Gasteiger partial charge in [0.2, 0.25) is 0 Å². The molecule has 0 atom stereocenters. The second-order valence-electron chi connectivity index (χ2n) is 6.76. The van der Waals surface area contributed by atoms with Gasteiger partial charge in [-0.2, -0.15) is 0 Å². The second kappa shape index (κ2) is 6.69. The van der Waals surface area contributed by atoms with E-state index in [2.05, 4.69) is 11.9 Å². The first-order valence-electron chi connectivity index (χ1n) is 8.62. The van der Waals surface area contributed by atoms with Gasteiger partial charge in [0.15, 0.2) is 0 Å². The Morgan fingerprint density at radius 1 is 1.17 bits per heavy atom. The van der Waals surface area contributed by atoms with Crippen molar-refractivity contribution in [1.82, 2.24) is 9.88 Å². The molecule has 1 amide bonds. The summed E-state index contributed by atoms with van der Waals surface area (Å²) in [5.74, 6) is -0.333. The van der Waals surface area contributed by atoms with Gasteiger partial charge in [0.05, 0.1) is 0 Å². The van der Waals surface area contributed by atoms with Crippen molar-refractivity contribution in [3.63, 3.8) is 0 Å². The van der Waals surface area contributed by atoms with E-state index < -0.39 is 5.97 Å². The minimum atomic E-state index is -1.10. The molecule has 1 N–H and O–H groups in total. The van der Waals surface area contributed by atoms with Gasteiger partial charge in [-0.3, -0.25) is 4.79 Å². The van der Waals surface area contributed by atoms with Crippen molar-refractivity contribution in [3.8, 4) is 0 Å². The molecule has 2 aliphatic rings. The zero-order valence-electron chi connectivity index (χ0n) is 13.6. The molecule has 0 radical (unpaired) electrons. The molecule has 1 aromatic heterocycles. The highest BCUT2D eigenvalue weighted by Gasteiger charge is 2.39. The Bertz CT molecular complexity index is 590. The van der Waals surface area contributed by atoms with E-state index in [0.29, 0.717) is 17.6 Å². The molecule has 0 spiro atoms. The molecule has 124 valence electrons. The van der Waals surface area contributed by atoms with Gasteiger partial charge in [-0.15, -0.1) is 0 Å². The van der Waals surface area contributed by atoms with E-state index >= 15 is 0 Å². The Balaban J connectivity index is 1.77. The number of rotatable bonds is 5. The first-order chi connectivity index (χ1) is 11.1. The van der Waals surface area contributed by atoms with Crippen LogP contribution in [0.1, 0.15) is 72.7 Å². The lowest BCUT2D eigenvalue weighted by Gasteiger charge is -2.37. The Labute approximate surface area is 136 Å². The van der Waals surface area contributed by atoms with E-state index in [9.17, 15) is 9.59 Å². The Morgan fingerprint density at radius 3 is 2.30 bits per heavy atom. The van der Waals surface area contributed by atoms with Crippen LogP contribution in [0.15, 0.2) is 18.3 Å². The van der Waals surface area contributed by atoms with Crippen molar-refractivity contribution in [1.29, 1.82) is 0 Å². The zero-order valence-corrected chi connectivity index (χ0v) is 13.6. The topological polar surface area (TPSA) is 70.5 Å². The van der Waals surface area contributed by atoms with Crippen LogP contribution in [0.5, 0.6) is 0 Å². The molecule has 5 heteroatoms. The SMILES string of the molecule is CCC1CCC(N(C(=O)c2ccnc(C(=O)O)c2)C2CC2)CC1. The van der Waals surface area contributed by atoms with E-state index in [0.717, 1.165) is 31.6 Å². The summed E-state index contributed by atoms with van der Waals surface area (Å²) >= 11 is 0. The number of carboxylic acid groups (broad SMARTS) is 1. The van der Waals surface area contributed by atoms with Crippen LogP contribution in [0.2, 0.25) is 0 Å². The highest BCUT2D eigenvalue weighted by molar-refractivity contribution is 5.97. The fourth-order valence-corrected chi connectivity index (χ4v) is 3.64. The van der Waals surface area contributed by atoms with Crippen molar-refractivity contribution in [2.45, 2.75) is 64.0 Å². The monoisotopic (exact) mass is 316 g/mol. The van der Waals surface area contributed by atoms with E-state index in [-0.39, 0.29) is 11.6 Å². The van der Waals surface area contributed by atoms with Crippen molar-refractivity contribution in [2.75, 3.05) is 0 Å². The van der Waals surface area contributed by atoms with Gasteiger partial charge in [0.1, 0.15) is 5.69 Å². The molecule has 1 aromatic rings. The molecule has 3 rings (SSSR count). The number of hydrogen-bond donors (Lipinski definition) is 1. The maximum atomic E-state index is 13.0. The molecule has 0 saturated heterocycles. The third-order valence-corrected chi connectivity index (χ3v) is 5.19.